The molecule has 12 rings (SSSR count). The third kappa shape index (κ3) is 23.6. The van der Waals surface area contributed by atoms with E-state index in [4.69, 9.17) is 18.9 Å². The molecule has 0 bridgehead atoms. The number of aromatic nitrogens is 8. The summed E-state index contributed by atoms with van der Waals surface area (Å²) in [5.74, 6) is -0.689. The average Bonchev–Trinajstić information content (AvgIpc) is 1.69. The minimum absolute atomic E-state index is 0.119. The van der Waals surface area contributed by atoms with Crippen LogP contribution in [0.1, 0.15) is 65.8 Å². The van der Waals surface area contributed by atoms with Crippen molar-refractivity contribution in [1.29, 1.82) is 0 Å². The maximum absolute atomic E-state index is 12.3. The Morgan fingerprint density at radius 3 is 0.914 bits per heavy atom. The van der Waals surface area contributed by atoms with Gasteiger partial charge in [-0.2, -0.15) is 20.4 Å². The summed E-state index contributed by atoms with van der Waals surface area (Å²) in [7, 11) is 3.90. The molecule has 18 nitrogen and oxygen atoms in total. The zero-order valence-electron chi connectivity index (χ0n) is 62.4. The number of thioether (sulfide) groups is 1. The SMILES string of the molecule is CCN(CC)CCOC(=O)Cn1nc(C)cc1-c1ccc(-c2cccc(C)c2)s1.CCOC(=O)Cn1nc(C)cc1-c1ccc(-c2cccc(C)c2)s1.CSCOC(=O)Cn1nc(C)cc1-c1ccc(-c2cccc(C)c2)s1.Cc1cccc(-c2ccc(-c3cc(C)nn3CC(=O)OCCN(C)C)s2)c1. The number of nitrogens with zero attached hydrogens (tertiary/aromatic N) is 10. The van der Waals surface area contributed by atoms with Crippen LogP contribution in [0, 0.1) is 55.4 Å². The summed E-state index contributed by atoms with van der Waals surface area (Å²) in [5, 5.41) is 17.9. The zero-order chi connectivity index (χ0) is 75.1. The van der Waals surface area contributed by atoms with Crippen LogP contribution >= 0.6 is 57.1 Å². The number of hydrogen-bond acceptors (Lipinski definition) is 19. The Balaban J connectivity index is 0.000000163. The van der Waals surface area contributed by atoms with Crippen LogP contribution < -0.4 is 0 Å². The first-order chi connectivity index (χ1) is 50.5. The maximum Gasteiger partial charge on any atom is 0.328 e. The third-order valence-electron chi connectivity index (χ3n) is 16.4. The van der Waals surface area contributed by atoms with Crippen LogP contribution in [-0.2, 0) is 64.3 Å². The summed E-state index contributed by atoms with van der Waals surface area (Å²) < 4.78 is 27.9. The Bertz CT molecular complexity index is 4830. The highest BCUT2D eigenvalue weighted by Gasteiger charge is 2.20. The van der Waals surface area contributed by atoms with Crippen molar-refractivity contribution >= 4 is 81.0 Å². The molecule has 0 fully saturated rings. The molecule has 0 N–H and O–H groups in total. The summed E-state index contributed by atoms with van der Waals surface area (Å²) in [5.41, 5.74) is 17.1. The number of hydrogen-bond donors (Lipinski definition) is 0. The highest BCUT2D eigenvalue weighted by atomic mass is 32.2. The predicted molar refractivity (Wildman–Crippen MR) is 431 cm³/mol. The fourth-order valence-electron chi connectivity index (χ4n) is 11.3. The molecule has 8 aromatic heterocycles. The van der Waals surface area contributed by atoms with E-state index in [0.29, 0.717) is 32.3 Å². The fraction of sp³-hybridized carbons (Fsp3) is 0.317. The van der Waals surface area contributed by atoms with Gasteiger partial charge in [0.2, 0.25) is 0 Å². The topological polar surface area (TPSA) is 183 Å². The number of carbonyl (C=O) groups is 4. The van der Waals surface area contributed by atoms with Crippen molar-refractivity contribution in [3.05, 3.63) is 215 Å². The van der Waals surface area contributed by atoms with Gasteiger partial charge < -0.3 is 28.7 Å². The molecule has 0 aliphatic rings. The second kappa shape index (κ2) is 39.1. The van der Waals surface area contributed by atoms with Gasteiger partial charge in [0, 0.05) is 32.6 Å². The summed E-state index contributed by atoms with van der Waals surface area (Å²) in [6.45, 7) is 27.2. The lowest BCUT2D eigenvalue weighted by Gasteiger charge is -2.17. The Kier molecular flexibility index (Phi) is 29.7. The Labute approximate surface area is 637 Å². The standard InChI is InChI=1S/C23H29N3O2S.C21H25N3O2S.C19H20N2O2S2.C19H20N2O2S/c1-5-25(6-2)12-13-28-23(27)16-26-20(15-18(4)24-26)22-11-10-21(29-22)19-9-7-8-17(3)14-19;1-15-6-5-7-17(12-15)19-8-9-20(27-19)18-13-16(2)22-24(18)14-21(25)26-11-10-23(3)4;1-13-5-4-6-15(9-13)17-7-8-18(25-17)16-10-14(2)20-21(16)11-19(22)23-12-24-3;1-4-23-19(22)12-21-16(11-14(3)20-21)18-9-8-17(24-18)15-7-5-6-13(2)10-15/h7-11,14-15H,5-6,12-13,16H2,1-4H3;5-9,12-13H,10-11,14H2,1-4H3;4-10H,11-12H2,1-3H3;5-11H,4,12H2,1-3H3. The van der Waals surface area contributed by atoms with E-state index in [-0.39, 0.29) is 50.1 Å². The van der Waals surface area contributed by atoms with E-state index in [1.807, 2.05) is 77.2 Å². The number of ether oxygens (including phenoxy) is 4. The minimum atomic E-state index is -0.269. The second-order valence-electron chi connectivity index (χ2n) is 25.4. The molecular formula is C82H94N10O8S5. The van der Waals surface area contributed by atoms with Crippen molar-refractivity contribution in [2.75, 3.05) is 72.3 Å². The highest BCUT2D eigenvalue weighted by Crippen LogP contribution is 2.39. The van der Waals surface area contributed by atoms with Crippen molar-refractivity contribution < 1.29 is 38.1 Å². The predicted octanol–water partition coefficient (Wildman–Crippen LogP) is 18.0. The number of rotatable bonds is 27. The number of likely N-dealkylation sites (N-methyl/N-ethyl adjacent to an activating group) is 2. The molecule has 0 saturated carbocycles. The summed E-state index contributed by atoms with van der Waals surface area (Å²) >= 11 is 8.30. The molecule has 12 aromatic rings. The molecule has 105 heavy (non-hydrogen) atoms. The van der Waals surface area contributed by atoms with Gasteiger partial charge in [-0.25, -0.2) is 0 Å². The number of thiophene rings is 4. The van der Waals surface area contributed by atoms with E-state index in [0.717, 1.165) is 84.7 Å². The van der Waals surface area contributed by atoms with Gasteiger partial charge in [-0.1, -0.05) is 133 Å². The molecule has 0 aliphatic heterocycles. The van der Waals surface area contributed by atoms with E-state index in [2.05, 4.69) is 212 Å². The monoisotopic (exact) mass is 1510 g/mol. The van der Waals surface area contributed by atoms with E-state index >= 15 is 0 Å². The molecular weight excluding hydrogens is 1410 g/mol. The zero-order valence-corrected chi connectivity index (χ0v) is 66.5. The molecule has 550 valence electrons. The van der Waals surface area contributed by atoms with Gasteiger partial charge in [-0.3, -0.25) is 37.9 Å². The van der Waals surface area contributed by atoms with Crippen LogP contribution in [0.4, 0.5) is 0 Å². The van der Waals surface area contributed by atoms with E-state index in [9.17, 15) is 19.2 Å². The highest BCUT2D eigenvalue weighted by molar-refractivity contribution is 7.98. The first kappa shape index (κ1) is 79.8. The molecule has 0 saturated heterocycles. The lowest BCUT2D eigenvalue weighted by atomic mass is 10.1. The molecule has 23 heteroatoms. The first-order valence-corrected chi connectivity index (χ1v) is 39.6. The normalized spacial score (nSPS) is 11.0. The van der Waals surface area contributed by atoms with Crippen molar-refractivity contribution in [3.8, 4) is 84.0 Å². The van der Waals surface area contributed by atoms with E-state index < -0.39 is 0 Å². The van der Waals surface area contributed by atoms with Gasteiger partial charge in [0.05, 0.1) is 71.7 Å². The summed E-state index contributed by atoms with van der Waals surface area (Å²) in [6, 6.07) is 58.8. The quantitative estimate of drug-likeness (QED) is 0.0269. The van der Waals surface area contributed by atoms with Crippen LogP contribution in [0.2, 0.25) is 0 Å². The maximum atomic E-state index is 12.3. The molecule has 0 atom stereocenters. The molecule has 0 radical (unpaired) electrons. The molecule has 0 amide bonds. The van der Waals surface area contributed by atoms with E-state index in [1.54, 1.807) is 71.0 Å². The number of benzene rings is 4. The first-order valence-electron chi connectivity index (χ1n) is 34.9. The molecule has 8 heterocycles. The molecule has 0 unspecified atom stereocenters. The van der Waals surface area contributed by atoms with Crippen molar-refractivity contribution in [3.63, 3.8) is 0 Å². The Morgan fingerprint density at radius 2 is 0.648 bits per heavy atom. The molecule has 0 aliphatic carbocycles. The van der Waals surface area contributed by atoms with Gasteiger partial charge in [-0.05, 0) is 191 Å². The largest absolute Gasteiger partial charge is 0.465 e. The van der Waals surface area contributed by atoms with Crippen LogP contribution in [0.3, 0.4) is 0 Å². The van der Waals surface area contributed by atoms with Crippen LogP contribution in [0.25, 0.3) is 84.0 Å². The van der Waals surface area contributed by atoms with Crippen LogP contribution in [-0.4, -0.2) is 145 Å². The fourth-order valence-corrected chi connectivity index (χ4v) is 15.6. The van der Waals surface area contributed by atoms with Gasteiger partial charge in [0.25, 0.3) is 0 Å². The van der Waals surface area contributed by atoms with Gasteiger partial charge in [0.1, 0.15) is 45.3 Å². The summed E-state index contributed by atoms with van der Waals surface area (Å²) in [6.07, 6.45) is 1.90. The van der Waals surface area contributed by atoms with Crippen molar-refractivity contribution in [1.82, 2.24) is 48.9 Å². The summed E-state index contributed by atoms with van der Waals surface area (Å²) in [4.78, 5) is 61.6. The molecule has 4 aromatic carbocycles. The van der Waals surface area contributed by atoms with Crippen LogP contribution in [0.5, 0.6) is 0 Å². The van der Waals surface area contributed by atoms with Gasteiger partial charge >= 0.3 is 23.9 Å². The van der Waals surface area contributed by atoms with Gasteiger partial charge in [0.15, 0.2) is 0 Å². The second-order valence-corrected chi connectivity index (χ2v) is 30.6. The number of carbonyl (C=O) groups excluding carboxylic acids is 4. The number of aryl methyl sites for hydroxylation is 8. The minimum Gasteiger partial charge on any atom is -0.465 e. The third-order valence-corrected chi connectivity index (χ3v) is 21.4. The number of esters is 4. The Morgan fingerprint density at radius 1 is 0.371 bits per heavy atom. The smallest absolute Gasteiger partial charge is 0.328 e. The Hall–Kier alpha value is -9.33. The lowest BCUT2D eigenvalue weighted by Crippen LogP contribution is -2.28. The molecule has 0 spiro atoms. The van der Waals surface area contributed by atoms with Crippen LogP contribution in [0.15, 0.2) is 170 Å². The van der Waals surface area contributed by atoms with Crippen molar-refractivity contribution in [2.24, 2.45) is 0 Å². The van der Waals surface area contributed by atoms with Gasteiger partial charge in [-0.15, -0.1) is 57.1 Å². The lowest BCUT2D eigenvalue weighted by molar-refractivity contribution is -0.145. The average molecular weight is 1510 g/mol. The van der Waals surface area contributed by atoms with Crippen molar-refractivity contribution in [2.45, 2.75) is 102 Å². The van der Waals surface area contributed by atoms with E-state index in [1.165, 1.54) is 75.8 Å².